The van der Waals surface area contributed by atoms with Gasteiger partial charge in [0.1, 0.15) is 5.75 Å². The molecule has 0 fully saturated rings. The minimum absolute atomic E-state index is 0.206. The van der Waals surface area contributed by atoms with Crippen LogP contribution in [0.2, 0.25) is 0 Å². The van der Waals surface area contributed by atoms with E-state index in [1.165, 1.54) is 6.21 Å². The van der Waals surface area contributed by atoms with Crippen LogP contribution >= 0.6 is 0 Å². The molecular weight excluding hydrogens is 212 g/mol. The predicted molar refractivity (Wildman–Crippen MR) is 69.1 cm³/mol. The van der Waals surface area contributed by atoms with Crippen molar-refractivity contribution < 1.29 is 5.11 Å². The van der Waals surface area contributed by atoms with Gasteiger partial charge in [-0.1, -0.05) is 30.4 Å². The third-order valence-electron chi connectivity index (χ3n) is 2.85. The fraction of sp³-hybridized carbons (Fsp3) is 0.214. The largest absolute Gasteiger partial charge is 0.508 e. The summed E-state index contributed by atoms with van der Waals surface area (Å²) in [4.78, 5) is 2.13. The van der Waals surface area contributed by atoms with Gasteiger partial charge < -0.3 is 15.4 Å². The molecule has 88 valence electrons. The van der Waals surface area contributed by atoms with Crippen molar-refractivity contribution in [3.8, 4) is 5.75 Å². The molecule has 0 aliphatic carbocycles. The smallest absolute Gasteiger partial charge is 0.120 e. The van der Waals surface area contributed by atoms with Crippen molar-refractivity contribution in [3.05, 3.63) is 54.3 Å². The maximum absolute atomic E-state index is 9.74. The summed E-state index contributed by atoms with van der Waals surface area (Å²) >= 11 is 0. The average Bonchev–Trinajstić information content (AvgIpc) is 2.35. The summed E-state index contributed by atoms with van der Waals surface area (Å²) in [5.41, 5.74) is 0.905. The molecule has 0 radical (unpaired) electrons. The number of aromatic hydroxyl groups is 1. The summed E-state index contributed by atoms with van der Waals surface area (Å²) in [7, 11) is 0. The first kappa shape index (κ1) is 11.5. The minimum atomic E-state index is 0.206. The molecule has 2 N–H and O–H groups in total. The van der Waals surface area contributed by atoms with Crippen LogP contribution in [0.15, 0.2) is 48.7 Å². The highest BCUT2D eigenvalue weighted by Crippen LogP contribution is 2.21. The van der Waals surface area contributed by atoms with Crippen LogP contribution in [0.5, 0.6) is 5.75 Å². The van der Waals surface area contributed by atoms with Crippen LogP contribution in [0.3, 0.4) is 0 Å². The number of allylic oxidation sites excluding steroid dienone is 2. The fourth-order valence-corrected chi connectivity index (χ4v) is 1.92. The highest BCUT2D eigenvalue weighted by Gasteiger charge is 2.14. The molecule has 1 aliphatic rings. The molecule has 1 heterocycles. The highest BCUT2D eigenvalue weighted by molar-refractivity contribution is 5.54. The molecule has 0 aromatic heterocycles. The number of para-hydroxylation sites is 1. The Bertz CT molecular complexity index is 451. The Morgan fingerprint density at radius 2 is 2.12 bits per heavy atom. The SMILES string of the molecule is N=CCC1C=CC=CN1Cc1ccccc1O. The normalized spacial score (nSPS) is 18.4. The molecular formula is C14H16N2O. The zero-order valence-electron chi connectivity index (χ0n) is 9.58. The quantitative estimate of drug-likeness (QED) is 0.778. The van der Waals surface area contributed by atoms with Crippen LogP contribution in [-0.2, 0) is 6.54 Å². The summed E-state index contributed by atoms with van der Waals surface area (Å²) in [5.74, 6) is 0.323. The lowest BCUT2D eigenvalue weighted by molar-refractivity contribution is 0.309. The lowest BCUT2D eigenvalue weighted by atomic mass is 10.1. The van der Waals surface area contributed by atoms with Gasteiger partial charge in [0.05, 0.1) is 6.04 Å². The van der Waals surface area contributed by atoms with E-state index >= 15 is 0 Å². The third-order valence-corrected chi connectivity index (χ3v) is 2.85. The standard InChI is InChI=1S/C14H16N2O/c15-9-8-13-6-3-4-10-16(13)11-12-5-1-2-7-14(12)17/h1-7,9-10,13,15,17H,8,11H2. The molecule has 0 spiro atoms. The molecule has 0 saturated carbocycles. The van der Waals surface area contributed by atoms with E-state index < -0.39 is 0 Å². The van der Waals surface area contributed by atoms with Crippen molar-refractivity contribution in [2.75, 3.05) is 0 Å². The van der Waals surface area contributed by atoms with E-state index in [2.05, 4.69) is 11.0 Å². The highest BCUT2D eigenvalue weighted by atomic mass is 16.3. The molecule has 0 amide bonds. The molecule has 17 heavy (non-hydrogen) atoms. The van der Waals surface area contributed by atoms with Gasteiger partial charge in [-0.3, -0.25) is 0 Å². The number of nitrogens with one attached hydrogen (secondary N) is 1. The van der Waals surface area contributed by atoms with Gasteiger partial charge in [0.25, 0.3) is 0 Å². The Morgan fingerprint density at radius 3 is 2.88 bits per heavy atom. The Labute approximate surface area is 101 Å². The lowest BCUT2D eigenvalue weighted by Crippen LogP contribution is -2.30. The topological polar surface area (TPSA) is 47.3 Å². The van der Waals surface area contributed by atoms with Crippen LogP contribution < -0.4 is 0 Å². The molecule has 1 atom stereocenters. The third kappa shape index (κ3) is 2.75. The van der Waals surface area contributed by atoms with Crippen molar-refractivity contribution in [2.24, 2.45) is 0 Å². The second-order valence-electron chi connectivity index (χ2n) is 4.03. The van der Waals surface area contributed by atoms with Gasteiger partial charge in [0.15, 0.2) is 0 Å². The monoisotopic (exact) mass is 228 g/mol. The average molecular weight is 228 g/mol. The Kier molecular flexibility index (Phi) is 3.60. The first-order valence-corrected chi connectivity index (χ1v) is 5.68. The van der Waals surface area contributed by atoms with Crippen LogP contribution in [0.25, 0.3) is 0 Å². The molecule has 1 aromatic carbocycles. The Hall–Kier alpha value is -2.03. The van der Waals surface area contributed by atoms with Crippen LogP contribution in [-0.4, -0.2) is 22.3 Å². The molecule has 2 rings (SSSR count). The second kappa shape index (κ2) is 5.34. The summed E-state index contributed by atoms with van der Waals surface area (Å²) in [6, 6.07) is 7.56. The molecule has 1 unspecified atom stereocenters. The first-order valence-electron chi connectivity index (χ1n) is 5.68. The summed E-state index contributed by atoms with van der Waals surface area (Å²) in [6.45, 7) is 0.659. The van der Waals surface area contributed by atoms with Crippen molar-refractivity contribution in [2.45, 2.75) is 19.0 Å². The zero-order chi connectivity index (χ0) is 12.1. The van der Waals surface area contributed by atoms with Gasteiger partial charge in [-0.25, -0.2) is 0 Å². The van der Waals surface area contributed by atoms with Gasteiger partial charge in [-0.2, -0.15) is 0 Å². The van der Waals surface area contributed by atoms with E-state index in [0.29, 0.717) is 18.7 Å². The van der Waals surface area contributed by atoms with Crippen molar-refractivity contribution in [1.82, 2.24) is 4.90 Å². The van der Waals surface area contributed by atoms with Crippen molar-refractivity contribution in [3.63, 3.8) is 0 Å². The molecule has 3 heteroatoms. The second-order valence-corrected chi connectivity index (χ2v) is 4.03. The maximum atomic E-state index is 9.74. The number of phenolic OH excluding ortho intramolecular Hbond substituents is 1. The fourth-order valence-electron chi connectivity index (χ4n) is 1.92. The molecule has 3 nitrogen and oxygen atoms in total. The van der Waals surface area contributed by atoms with Gasteiger partial charge >= 0.3 is 0 Å². The Balaban J connectivity index is 2.12. The molecule has 1 aliphatic heterocycles. The minimum Gasteiger partial charge on any atom is -0.508 e. The van der Waals surface area contributed by atoms with Crippen LogP contribution in [0.4, 0.5) is 0 Å². The van der Waals surface area contributed by atoms with Gasteiger partial charge in [0, 0.05) is 18.5 Å². The van der Waals surface area contributed by atoms with Gasteiger partial charge in [-0.05, 0) is 24.6 Å². The predicted octanol–water partition coefficient (Wildman–Crippen LogP) is 2.69. The number of nitrogens with zero attached hydrogens (tertiary/aromatic N) is 1. The summed E-state index contributed by atoms with van der Waals surface area (Å²) in [5, 5.41) is 16.9. The first-order chi connectivity index (χ1) is 8.31. The van der Waals surface area contributed by atoms with E-state index in [1.54, 1.807) is 6.07 Å². The van der Waals surface area contributed by atoms with Crippen molar-refractivity contribution in [1.29, 1.82) is 5.41 Å². The Morgan fingerprint density at radius 1 is 1.29 bits per heavy atom. The van der Waals surface area contributed by atoms with Crippen LogP contribution in [0.1, 0.15) is 12.0 Å². The van der Waals surface area contributed by atoms with E-state index in [4.69, 9.17) is 5.41 Å². The number of hydrogen-bond donors (Lipinski definition) is 2. The number of phenols is 1. The van der Waals surface area contributed by atoms with E-state index in [-0.39, 0.29) is 6.04 Å². The van der Waals surface area contributed by atoms with E-state index in [0.717, 1.165) is 5.56 Å². The number of hydrogen-bond acceptors (Lipinski definition) is 3. The zero-order valence-corrected chi connectivity index (χ0v) is 9.58. The van der Waals surface area contributed by atoms with E-state index in [1.807, 2.05) is 36.6 Å². The molecule has 0 saturated heterocycles. The lowest BCUT2D eigenvalue weighted by Gasteiger charge is -2.29. The van der Waals surface area contributed by atoms with Gasteiger partial charge in [-0.15, -0.1) is 0 Å². The molecule has 0 bridgehead atoms. The van der Waals surface area contributed by atoms with E-state index in [9.17, 15) is 5.11 Å². The van der Waals surface area contributed by atoms with Crippen molar-refractivity contribution >= 4 is 6.21 Å². The van der Waals surface area contributed by atoms with Crippen LogP contribution in [0, 0.1) is 5.41 Å². The van der Waals surface area contributed by atoms with Gasteiger partial charge in [0.2, 0.25) is 0 Å². The summed E-state index contributed by atoms with van der Waals surface area (Å²) in [6.07, 6.45) is 10.2. The number of rotatable bonds is 4. The number of benzene rings is 1. The maximum Gasteiger partial charge on any atom is 0.120 e. The molecule has 1 aromatic rings. The summed E-state index contributed by atoms with van der Waals surface area (Å²) < 4.78 is 0.